The Labute approximate surface area is 84.2 Å². The van der Waals surface area contributed by atoms with E-state index < -0.39 is 12.1 Å². The average molecular weight is 195 g/mol. The van der Waals surface area contributed by atoms with E-state index in [1.54, 1.807) is 13.0 Å². The fraction of sp³-hybridized carbons (Fsp3) is 0.455. The van der Waals surface area contributed by atoms with E-state index in [4.69, 9.17) is 5.73 Å². The van der Waals surface area contributed by atoms with Gasteiger partial charge in [-0.3, -0.25) is 0 Å². The van der Waals surface area contributed by atoms with E-state index in [9.17, 15) is 10.2 Å². The highest BCUT2D eigenvalue weighted by atomic mass is 16.3. The number of hydrogen-bond donors (Lipinski definition) is 3. The molecule has 0 aliphatic heterocycles. The summed E-state index contributed by atoms with van der Waals surface area (Å²) in [6.45, 7) is 3.65. The number of phenols is 1. The van der Waals surface area contributed by atoms with Gasteiger partial charge in [-0.25, -0.2) is 0 Å². The SMILES string of the molecule is CCc1ccc(O)c([C@H](N)C(C)O)c1. The molecule has 0 bridgehead atoms. The molecule has 2 atom stereocenters. The molecule has 78 valence electrons. The van der Waals surface area contributed by atoms with Crippen molar-refractivity contribution >= 4 is 0 Å². The molecule has 0 spiro atoms. The molecule has 3 heteroatoms. The number of phenolic OH excluding ortho intramolecular Hbond substituents is 1. The third-order valence-corrected chi connectivity index (χ3v) is 2.38. The van der Waals surface area contributed by atoms with Crippen molar-refractivity contribution < 1.29 is 10.2 Å². The molecule has 1 aromatic rings. The van der Waals surface area contributed by atoms with Crippen LogP contribution in [0.4, 0.5) is 0 Å². The molecule has 0 fully saturated rings. The lowest BCUT2D eigenvalue weighted by Crippen LogP contribution is -2.23. The van der Waals surface area contributed by atoms with Gasteiger partial charge < -0.3 is 15.9 Å². The van der Waals surface area contributed by atoms with Crippen molar-refractivity contribution in [3.63, 3.8) is 0 Å². The highest BCUT2D eigenvalue weighted by Gasteiger charge is 2.15. The summed E-state index contributed by atoms with van der Waals surface area (Å²) in [5.41, 5.74) is 7.47. The highest BCUT2D eigenvalue weighted by Crippen LogP contribution is 2.26. The molecule has 4 N–H and O–H groups in total. The maximum atomic E-state index is 9.56. The Morgan fingerprint density at radius 2 is 2.07 bits per heavy atom. The Morgan fingerprint density at radius 1 is 1.43 bits per heavy atom. The number of benzene rings is 1. The molecule has 0 aliphatic rings. The molecule has 0 aromatic heterocycles. The number of aliphatic hydroxyl groups is 1. The second-order valence-corrected chi connectivity index (χ2v) is 3.51. The van der Waals surface area contributed by atoms with Crippen LogP contribution >= 0.6 is 0 Å². The number of aryl methyl sites for hydroxylation is 1. The number of hydrogen-bond acceptors (Lipinski definition) is 3. The Balaban J connectivity index is 3.05. The first-order valence-corrected chi connectivity index (χ1v) is 4.81. The number of nitrogens with two attached hydrogens (primary N) is 1. The summed E-state index contributed by atoms with van der Waals surface area (Å²) in [5.74, 6) is 0.149. The Bertz CT molecular complexity index is 310. The normalized spacial score (nSPS) is 15.1. The summed E-state index contributed by atoms with van der Waals surface area (Å²) in [7, 11) is 0. The number of rotatable bonds is 3. The van der Waals surface area contributed by atoms with Crippen molar-refractivity contribution in [1.82, 2.24) is 0 Å². The van der Waals surface area contributed by atoms with Crippen LogP contribution in [0.5, 0.6) is 5.75 Å². The standard InChI is InChI=1S/C11H17NO2/c1-3-8-4-5-10(14)9(6-8)11(12)7(2)13/h4-7,11,13-14H,3,12H2,1-2H3/t7?,11-/m1/s1. The van der Waals surface area contributed by atoms with Crippen molar-refractivity contribution in [1.29, 1.82) is 0 Å². The molecule has 14 heavy (non-hydrogen) atoms. The number of aromatic hydroxyl groups is 1. The Morgan fingerprint density at radius 3 is 2.57 bits per heavy atom. The van der Waals surface area contributed by atoms with Gasteiger partial charge in [0.15, 0.2) is 0 Å². The van der Waals surface area contributed by atoms with Gasteiger partial charge in [0.05, 0.1) is 12.1 Å². The van der Waals surface area contributed by atoms with Gasteiger partial charge in [0.2, 0.25) is 0 Å². The maximum Gasteiger partial charge on any atom is 0.120 e. The molecule has 1 aromatic carbocycles. The third kappa shape index (κ3) is 2.25. The molecule has 3 nitrogen and oxygen atoms in total. The molecule has 0 heterocycles. The highest BCUT2D eigenvalue weighted by molar-refractivity contribution is 5.38. The van der Waals surface area contributed by atoms with Gasteiger partial charge in [-0.1, -0.05) is 19.1 Å². The first-order chi connectivity index (χ1) is 6.56. The minimum absolute atomic E-state index is 0.149. The molecule has 0 amide bonds. The van der Waals surface area contributed by atoms with Gasteiger partial charge >= 0.3 is 0 Å². The topological polar surface area (TPSA) is 66.5 Å². The van der Waals surface area contributed by atoms with Crippen LogP contribution in [0.2, 0.25) is 0 Å². The zero-order valence-electron chi connectivity index (χ0n) is 8.57. The van der Waals surface area contributed by atoms with E-state index in [1.807, 2.05) is 19.1 Å². The third-order valence-electron chi connectivity index (χ3n) is 2.38. The van der Waals surface area contributed by atoms with E-state index >= 15 is 0 Å². The minimum atomic E-state index is -0.659. The van der Waals surface area contributed by atoms with Gasteiger partial charge in [0, 0.05) is 5.56 Å². The quantitative estimate of drug-likeness (QED) is 0.681. The first kappa shape index (κ1) is 11.0. The van der Waals surface area contributed by atoms with Crippen LogP contribution in [0.3, 0.4) is 0 Å². The lowest BCUT2D eigenvalue weighted by Gasteiger charge is -2.17. The average Bonchev–Trinajstić information content (AvgIpc) is 2.17. The number of aliphatic hydroxyl groups excluding tert-OH is 1. The first-order valence-electron chi connectivity index (χ1n) is 4.81. The smallest absolute Gasteiger partial charge is 0.120 e. The van der Waals surface area contributed by atoms with Gasteiger partial charge in [0.1, 0.15) is 5.75 Å². The zero-order valence-corrected chi connectivity index (χ0v) is 8.57. The van der Waals surface area contributed by atoms with Crippen molar-refractivity contribution in [3.05, 3.63) is 29.3 Å². The van der Waals surface area contributed by atoms with Crippen molar-refractivity contribution in [2.75, 3.05) is 0 Å². The van der Waals surface area contributed by atoms with E-state index in [-0.39, 0.29) is 5.75 Å². The Kier molecular flexibility index (Phi) is 3.49. The van der Waals surface area contributed by atoms with Crippen LogP contribution in [0.15, 0.2) is 18.2 Å². The fourth-order valence-corrected chi connectivity index (χ4v) is 1.35. The summed E-state index contributed by atoms with van der Waals surface area (Å²) in [6, 6.07) is 4.79. The molecule has 0 aliphatic carbocycles. The van der Waals surface area contributed by atoms with Gasteiger partial charge in [-0.05, 0) is 25.0 Å². The maximum absolute atomic E-state index is 9.56. The van der Waals surface area contributed by atoms with Gasteiger partial charge in [-0.15, -0.1) is 0 Å². The lowest BCUT2D eigenvalue weighted by atomic mass is 9.99. The van der Waals surface area contributed by atoms with E-state index in [0.29, 0.717) is 5.56 Å². The van der Waals surface area contributed by atoms with Crippen LogP contribution in [0.1, 0.15) is 31.0 Å². The molecule has 0 radical (unpaired) electrons. The van der Waals surface area contributed by atoms with Crippen LogP contribution in [0.25, 0.3) is 0 Å². The summed E-state index contributed by atoms with van der Waals surface area (Å²) >= 11 is 0. The van der Waals surface area contributed by atoms with Gasteiger partial charge in [-0.2, -0.15) is 0 Å². The largest absolute Gasteiger partial charge is 0.508 e. The lowest BCUT2D eigenvalue weighted by molar-refractivity contribution is 0.163. The van der Waals surface area contributed by atoms with Crippen molar-refractivity contribution in [2.24, 2.45) is 5.73 Å². The monoisotopic (exact) mass is 195 g/mol. The molecular formula is C11H17NO2. The predicted molar refractivity (Wildman–Crippen MR) is 56.1 cm³/mol. The van der Waals surface area contributed by atoms with Crippen molar-refractivity contribution in [3.8, 4) is 5.75 Å². The molecule has 0 saturated carbocycles. The van der Waals surface area contributed by atoms with Crippen LogP contribution in [0, 0.1) is 0 Å². The van der Waals surface area contributed by atoms with E-state index in [2.05, 4.69) is 0 Å². The molecule has 0 saturated heterocycles. The zero-order chi connectivity index (χ0) is 10.7. The second kappa shape index (κ2) is 4.44. The predicted octanol–water partition coefficient (Wildman–Crippen LogP) is 1.34. The molecule has 1 unspecified atom stereocenters. The Hall–Kier alpha value is -1.06. The summed E-state index contributed by atoms with van der Waals surface area (Å²) in [5, 5.41) is 18.9. The van der Waals surface area contributed by atoms with E-state index in [0.717, 1.165) is 12.0 Å². The van der Waals surface area contributed by atoms with E-state index in [1.165, 1.54) is 0 Å². The molecular weight excluding hydrogens is 178 g/mol. The van der Waals surface area contributed by atoms with Crippen LogP contribution in [-0.2, 0) is 6.42 Å². The molecule has 1 rings (SSSR count). The van der Waals surface area contributed by atoms with Crippen molar-refractivity contribution in [2.45, 2.75) is 32.4 Å². The van der Waals surface area contributed by atoms with Crippen LogP contribution < -0.4 is 5.73 Å². The minimum Gasteiger partial charge on any atom is -0.508 e. The second-order valence-electron chi connectivity index (χ2n) is 3.51. The fourth-order valence-electron chi connectivity index (χ4n) is 1.35. The summed E-state index contributed by atoms with van der Waals surface area (Å²) in [6.07, 6.45) is 0.229. The van der Waals surface area contributed by atoms with Gasteiger partial charge in [0.25, 0.3) is 0 Å². The summed E-state index contributed by atoms with van der Waals surface area (Å²) in [4.78, 5) is 0. The van der Waals surface area contributed by atoms with Crippen LogP contribution in [-0.4, -0.2) is 16.3 Å². The summed E-state index contributed by atoms with van der Waals surface area (Å²) < 4.78 is 0.